The van der Waals surface area contributed by atoms with Crippen molar-refractivity contribution in [1.82, 2.24) is 5.32 Å². The number of carbonyl (C=O) groups is 2. The summed E-state index contributed by atoms with van der Waals surface area (Å²) in [5.41, 5.74) is 10.5. The SMILES string of the molecule is CC1CCC(N)CC1C(=O)NCC(C)(C)C(N)=O. The predicted molar refractivity (Wildman–Crippen MR) is 70.5 cm³/mol. The fourth-order valence-corrected chi connectivity index (χ4v) is 2.25. The van der Waals surface area contributed by atoms with Crippen molar-refractivity contribution in [3.05, 3.63) is 0 Å². The normalized spacial score (nSPS) is 28.8. The highest BCUT2D eigenvalue weighted by molar-refractivity contribution is 5.83. The molecular weight excluding hydrogens is 230 g/mol. The van der Waals surface area contributed by atoms with Crippen LogP contribution in [0.15, 0.2) is 0 Å². The van der Waals surface area contributed by atoms with Crippen LogP contribution < -0.4 is 16.8 Å². The molecule has 0 heterocycles. The number of nitrogens with two attached hydrogens (primary N) is 2. The summed E-state index contributed by atoms with van der Waals surface area (Å²) in [4.78, 5) is 23.3. The first-order valence-corrected chi connectivity index (χ1v) is 6.57. The molecule has 3 unspecified atom stereocenters. The lowest BCUT2D eigenvalue weighted by Crippen LogP contribution is -2.47. The van der Waals surface area contributed by atoms with Gasteiger partial charge in [-0.05, 0) is 39.0 Å². The summed E-state index contributed by atoms with van der Waals surface area (Å²) in [5.74, 6) is -0.109. The molecule has 5 N–H and O–H groups in total. The van der Waals surface area contributed by atoms with Crippen LogP contribution in [-0.2, 0) is 9.59 Å². The Morgan fingerprint density at radius 1 is 1.33 bits per heavy atom. The van der Waals surface area contributed by atoms with Crippen molar-refractivity contribution in [2.24, 2.45) is 28.7 Å². The molecule has 3 atom stereocenters. The topological polar surface area (TPSA) is 98.2 Å². The average molecular weight is 255 g/mol. The summed E-state index contributed by atoms with van der Waals surface area (Å²) in [7, 11) is 0. The minimum Gasteiger partial charge on any atom is -0.369 e. The minimum absolute atomic E-state index is 0.00743. The third kappa shape index (κ3) is 3.70. The van der Waals surface area contributed by atoms with E-state index in [0.29, 0.717) is 5.92 Å². The van der Waals surface area contributed by atoms with Gasteiger partial charge in [-0.2, -0.15) is 0 Å². The zero-order chi connectivity index (χ0) is 13.9. The van der Waals surface area contributed by atoms with Crippen LogP contribution in [0.4, 0.5) is 0 Å². The molecule has 5 nitrogen and oxygen atoms in total. The Balaban J connectivity index is 2.52. The average Bonchev–Trinajstić information content (AvgIpc) is 2.29. The molecule has 0 radical (unpaired) electrons. The standard InChI is InChI=1S/C13H25N3O2/c1-8-4-5-9(14)6-10(8)11(17)16-7-13(2,3)12(15)18/h8-10H,4-7,14H2,1-3H3,(H2,15,18)(H,16,17). The van der Waals surface area contributed by atoms with E-state index in [1.54, 1.807) is 13.8 Å². The van der Waals surface area contributed by atoms with Crippen molar-refractivity contribution < 1.29 is 9.59 Å². The van der Waals surface area contributed by atoms with Crippen LogP contribution in [0.3, 0.4) is 0 Å². The van der Waals surface area contributed by atoms with Crippen LogP contribution in [0.1, 0.15) is 40.0 Å². The molecule has 1 rings (SSSR count). The third-order valence-electron chi connectivity index (χ3n) is 3.94. The third-order valence-corrected chi connectivity index (χ3v) is 3.94. The van der Waals surface area contributed by atoms with Crippen LogP contribution >= 0.6 is 0 Å². The largest absolute Gasteiger partial charge is 0.369 e. The van der Waals surface area contributed by atoms with E-state index in [0.717, 1.165) is 19.3 Å². The van der Waals surface area contributed by atoms with Crippen LogP contribution in [0.25, 0.3) is 0 Å². The quantitative estimate of drug-likeness (QED) is 0.677. The zero-order valence-electron chi connectivity index (χ0n) is 11.5. The zero-order valence-corrected chi connectivity index (χ0v) is 11.5. The van der Waals surface area contributed by atoms with Crippen LogP contribution in [-0.4, -0.2) is 24.4 Å². The highest BCUT2D eigenvalue weighted by atomic mass is 16.2. The molecule has 0 aromatic heterocycles. The Labute approximate surface area is 109 Å². The van der Waals surface area contributed by atoms with Gasteiger partial charge in [0.15, 0.2) is 0 Å². The first-order chi connectivity index (χ1) is 8.24. The van der Waals surface area contributed by atoms with Gasteiger partial charge in [-0.15, -0.1) is 0 Å². The van der Waals surface area contributed by atoms with E-state index in [1.807, 2.05) is 0 Å². The Hall–Kier alpha value is -1.10. The number of amides is 2. The van der Waals surface area contributed by atoms with E-state index < -0.39 is 11.3 Å². The molecule has 0 aromatic carbocycles. The first kappa shape index (κ1) is 15.0. The number of carbonyl (C=O) groups excluding carboxylic acids is 2. The van der Waals surface area contributed by atoms with E-state index >= 15 is 0 Å². The predicted octanol–water partition coefficient (Wildman–Crippen LogP) is 0.378. The molecule has 18 heavy (non-hydrogen) atoms. The molecule has 1 aliphatic rings. The number of hydrogen-bond acceptors (Lipinski definition) is 3. The van der Waals surface area contributed by atoms with Gasteiger partial charge >= 0.3 is 0 Å². The van der Waals surface area contributed by atoms with Crippen LogP contribution in [0.2, 0.25) is 0 Å². The summed E-state index contributed by atoms with van der Waals surface area (Å²) in [6.45, 7) is 5.81. The Bertz CT molecular complexity index is 328. The van der Waals surface area contributed by atoms with Crippen molar-refractivity contribution in [1.29, 1.82) is 0 Å². The fraction of sp³-hybridized carbons (Fsp3) is 0.846. The maximum atomic E-state index is 12.1. The van der Waals surface area contributed by atoms with Crippen molar-refractivity contribution in [3.63, 3.8) is 0 Å². The summed E-state index contributed by atoms with van der Waals surface area (Å²) in [6, 6.07) is 0.112. The fourth-order valence-electron chi connectivity index (χ4n) is 2.25. The Morgan fingerprint density at radius 2 is 1.94 bits per heavy atom. The maximum absolute atomic E-state index is 12.1. The van der Waals surface area contributed by atoms with Gasteiger partial charge in [0.25, 0.3) is 0 Å². The van der Waals surface area contributed by atoms with Crippen LogP contribution in [0, 0.1) is 17.3 Å². The summed E-state index contributed by atoms with van der Waals surface area (Å²) < 4.78 is 0. The van der Waals surface area contributed by atoms with Gasteiger partial charge in [-0.3, -0.25) is 9.59 Å². The van der Waals surface area contributed by atoms with Gasteiger partial charge in [-0.1, -0.05) is 6.92 Å². The van der Waals surface area contributed by atoms with E-state index in [2.05, 4.69) is 12.2 Å². The number of hydrogen-bond donors (Lipinski definition) is 3. The van der Waals surface area contributed by atoms with Crippen molar-refractivity contribution in [2.45, 2.75) is 46.1 Å². The van der Waals surface area contributed by atoms with E-state index in [1.165, 1.54) is 0 Å². The molecular formula is C13H25N3O2. The van der Waals surface area contributed by atoms with E-state index in [-0.39, 0.29) is 24.4 Å². The van der Waals surface area contributed by atoms with Crippen molar-refractivity contribution in [2.75, 3.05) is 6.54 Å². The monoisotopic (exact) mass is 255 g/mol. The summed E-state index contributed by atoms with van der Waals surface area (Å²) in [6.07, 6.45) is 2.69. The van der Waals surface area contributed by atoms with Crippen molar-refractivity contribution in [3.8, 4) is 0 Å². The molecule has 1 fully saturated rings. The lowest BCUT2D eigenvalue weighted by atomic mass is 9.77. The molecule has 0 aromatic rings. The van der Waals surface area contributed by atoms with Gasteiger partial charge < -0.3 is 16.8 Å². The molecule has 5 heteroatoms. The number of rotatable bonds is 4. The molecule has 1 aliphatic carbocycles. The Kier molecular flexibility index (Phi) is 4.73. The maximum Gasteiger partial charge on any atom is 0.224 e. The van der Waals surface area contributed by atoms with Gasteiger partial charge in [0.05, 0.1) is 5.41 Å². The van der Waals surface area contributed by atoms with Gasteiger partial charge in [0.2, 0.25) is 11.8 Å². The Morgan fingerprint density at radius 3 is 2.50 bits per heavy atom. The molecule has 0 aliphatic heterocycles. The second-order valence-corrected chi connectivity index (χ2v) is 6.12. The first-order valence-electron chi connectivity index (χ1n) is 6.57. The lowest BCUT2D eigenvalue weighted by Gasteiger charge is -2.32. The second kappa shape index (κ2) is 5.69. The minimum atomic E-state index is -0.713. The lowest BCUT2D eigenvalue weighted by molar-refractivity contribution is -0.130. The highest BCUT2D eigenvalue weighted by Crippen LogP contribution is 2.29. The summed E-state index contributed by atoms with van der Waals surface area (Å²) in [5, 5.41) is 2.83. The highest BCUT2D eigenvalue weighted by Gasteiger charge is 2.33. The van der Waals surface area contributed by atoms with Gasteiger partial charge in [0, 0.05) is 18.5 Å². The molecule has 0 bridgehead atoms. The second-order valence-electron chi connectivity index (χ2n) is 6.12. The molecule has 0 spiro atoms. The van der Waals surface area contributed by atoms with Gasteiger partial charge in [0.1, 0.15) is 0 Å². The van der Waals surface area contributed by atoms with Crippen LogP contribution in [0.5, 0.6) is 0 Å². The van der Waals surface area contributed by atoms with Gasteiger partial charge in [-0.25, -0.2) is 0 Å². The smallest absolute Gasteiger partial charge is 0.224 e. The molecule has 2 amide bonds. The van der Waals surface area contributed by atoms with E-state index in [4.69, 9.17) is 11.5 Å². The number of nitrogens with one attached hydrogen (secondary N) is 1. The van der Waals surface area contributed by atoms with Crippen molar-refractivity contribution >= 4 is 11.8 Å². The molecule has 104 valence electrons. The molecule has 0 saturated heterocycles. The van der Waals surface area contributed by atoms with E-state index in [9.17, 15) is 9.59 Å². The molecule has 1 saturated carbocycles. The summed E-state index contributed by atoms with van der Waals surface area (Å²) >= 11 is 0. The number of primary amides is 1.